The van der Waals surface area contributed by atoms with Crippen molar-refractivity contribution in [2.75, 3.05) is 0 Å². The Labute approximate surface area is 397 Å². The topological polar surface area (TPSA) is 48.5 Å². The lowest BCUT2D eigenvalue weighted by Crippen LogP contribution is -2.25. The number of fused-ring (bicyclic) bond motifs is 17. The van der Waals surface area contributed by atoms with Crippen LogP contribution in [-0.4, -0.2) is 24.1 Å². The smallest absolute Gasteiger partial charge is 0.164 e. The van der Waals surface area contributed by atoms with Crippen LogP contribution in [0.2, 0.25) is 0 Å². The summed E-state index contributed by atoms with van der Waals surface area (Å²) in [7, 11) is 0. The van der Waals surface area contributed by atoms with E-state index in [0.717, 1.165) is 44.6 Å². The molecule has 0 amide bonds. The van der Waals surface area contributed by atoms with Gasteiger partial charge in [0.05, 0.1) is 27.5 Å². The minimum Gasteiger partial charge on any atom is -0.309 e. The SMILES string of the molecule is c1ccc(-c2nc(-c3cccc(-n4c5ccccc5c5ccccc54)c3)nc(-c3cccc(-n4c5ccccc5c5ccc6c(c54)-c4ccccc4C64c5ccccc5-c5ccccc54)c3)n2)cc1. The molecule has 0 aliphatic heterocycles. The number of hydrogen-bond donors (Lipinski definition) is 0. The molecule has 1 spiro atoms. The fourth-order valence-corrected chi connectivity index (χ4v) is 12.0. The quantitative estimate of drug-likeness (QED) is 0.173. The van der Waals surface area contributed by atoms with E-state index >= 15 is 0 Å². The molecule has 69 heavy (non-hydrogen) atoms. The summed E-state index contributed by atoms with van der Waals surface area (Å²) in [6, 6.07) is 85.5. The zero-order chi connectivity index (χ0) is 45.2. The number of benzene rings is 10. The van der Waals surface area contributed by atoms with Crippen molar-refractivity contribution in [2.45, 2.75) is 5.41 Å². The van der Waals surface area contributed by atoms with E-state index in [9.17, 15) is 0 Å². The van der Waals surface area contributed by atoms with Crippen molar-refractivity contribution >= 4 is 43.6 Å². The van der Waals surface area contributed by atoms with E-state index in [1.807, 2.05) is 18.2 Å². The molecule has 5 heteroatoms. The third-order valence-corrected chi connectivity index (χ3v) is 14.8. The van der Waals surface area contributed by atoms with Gasteiger partial charge in [-0.15, -0.1) is 0 Å². The summed E-state index contributed by atoms with van der Waals surface area (Å²) in [5, 5.41) is 4.87. The Morgan fingerprint density at radius 2 is 0.710 bits per heavy atom. The molecular weight excluding hydrogens is 839 g/mol. The molecule has 3 aromatic heterocycles. The van der Waals surface area contributed by atoms with Crippen molar-refractivity contribution in [1.29, 1.82) is 0 Å². The Morgan fingerprint density at radius 3 is 1.29 bits per heavy atom. The van der Waals surface area contributed by atoms with Crippen molar-refractivity contribution in [3.63, 3.8) is 0 Å². The first-order valence-corrected chi connectivity index (χ1v) is 23.6. The molecule has 10 aromatic carbocycles. The van der Waals surface area contributed by atoms with Crippen molar-refractivity contribution in [3.05, 3.63) is 259 Å². The summed E-state index contributed by atoms with van der Waals surface area (Å²) >= 11 is 0. The van der Waals surface area contributed by atoms with E-state index in [2.05, 4.69) is 228 Å². The van der Waals surface area contributed by atoms with Crippen molar-refractivity contribution in [2.24, 2.45) is 0 Å². The van der Waals surface area contributed by atoms with Crippen LogP contribution in [-0.2, 0) is 5.41 Å². The maximum Gasteiger partial charge on any atom is 0.164 e. The highest BCUT2D eigenvalue weighted by Crippen LogP contribution is 2.64. The van der Waals surface area contributed by atoms with Crippen LogP contribution in [0.3, 0.4) is 0 Å². The highest BCUT2D eigenvalue weighted by molar-refractivity contribution is 6.17. The third-order valence-electron chi connectivity index (χ3n) is 14.8. The summed E-state index contributed by atoms with van der Waals surface area (Å²) in [6.07, 6.45) is 0. The van der Waals surface area contributed by atoms with Crippen LogP contribution in [0, 0.1) is 0 Å². The molecule has 2 aliphatic carbocycles. The van der Waals surface area contributed by atoms with E-state index in [0.29, 0.717) is 17.5 Å². The minimum absolute atomic E-state index is 0.454. The van der Waals surface area contributed by atoms with Crippen LogP contribution < -0.4 is 0 Å². The van der Waals surface area contributed by atoms with Gasteiger partial charge in [-0.1, -0.05) is 194 Å². The number of nitrogens with zero attached hydrogens (tertiary/aromatic N) is 5. The summed E-state index contributed by atoms with van der Waals surface area (Å²) in [5.74, 6) is 1.84. The summed E-state index contributed by atoms with van der Waals surface area (Å²) in [6.45, 7) is 0. The Balaban J connectivity index is 0.946. The molecule has 15 rings (SSSR count). The van der Waals surface area contributed by atoms with Gasteiger partial charge < -0.3 is 9.13 Å². The number of aromatic nitrogens is 5. The average molecular weight is 878 g/mol. The van der Waals surface area contributed by atoms with Gasteiger partial charge in [0.15, 0.2) is 17.5 Å². The van der Waals surface area contributed by atoms with Gasteiger partial charge in [0, 0.05) is 55.2 Å². The van der Waals surface area contributed by atoms with Gasteiger partial charge in [-0.3, -0.25) is 0 Å². The second kappa shape index (κ2) is 14.4. The van der Waals surface area contributed by atoms with Gasteiger partial charge in [0.25, 0.3) is 0 Å². The van der Waals surface area contributed by atoms with Gasteiger partial charge >= 0.3 is 0 Å². The van der Waals surface area contributed by atoms with Crippen molar-refractivity contribution < 1.29 is 0 Å². The molecule has 3 heterocycles. The van der Waals surface area contributed by atoms with E-state index in [-0.39, 0.29) is 0 Å². The van der Waals surface area contributed by atoms with Crippen molar-refractivity contribution in [3.8, 4) is 67.8 Å². The number of hydrogen-bond acceptors (Lipinski definition) is 3. The van der Waals surface area contributed by atoms with Gasteiger partial charge in [-0.2, -0.15) is 0 Å². The molecule has 5 nitrogen and oxygen atoms in total. The molecular formula is C64H39N5. The predicted octanol–water partition coefficient (Wildman–Crippen LogP) is 15.4. The van der Waals surface area contributed by atoms with Gasteiger partial charge in [0.2, 0.25) is 0 Å². The normalized spacial score (nSPS) is 13.0. The Bertz CT molecular complexity index is 4170. The van der Waals surface area contributed by atoms with Crippen molar-refractivity contribution in [1.82, 2.24) is 24.1 Å². The second-order valence-electron chi connectivity index (χ2n) is 18.3. The fourth-order valence-electron chi connectivity index (χ4n) is 12.0. The molecule has 0 N–H and O–H groups in total. The van der Waals surface area contributed by atoms with E-state index in [1.165, 1.54) is 71.6 Å². The maximum absolute atomic E-state index is 5.33. The van der Waals surface area contributed by atoms with E-state index in [1.54, 1.807) is 0 Å². The lowest BCUT2D eigenvalue weighted by Gasteiger charge is -2.30. The van der Waals surface area contributed by atoms with Gasteiger partial charge in [0.1, 0.15) is 0 Å². The lowest BCUT2D eigenvalue weighted by atomic mass is 9.70. The van der Waals surface area contributed by atoms with Crippen LogP contribution in [0.5, 0.6) is 0 Å². The molecule has 0 radical (unpaired) electrons. The largest absolute Gasteiger partial charge is 0.309 e. The highest BCUT2D eigenvalue weighted by Gasteiger charge is 2.52. The molecule has 0 fully saturated rings. The first kappa shape index (κ1) is 38.0. The Hall–Kier alpha value is -9.19. The number of para-hydroxylation sites is 3. The fraction of sp³-hybridized carbons (Fsp3) is 0.0156. The molecule has 0 saturated heterocycles. The van der Waals surface area contributed by atoms with Crippen LogP contribution in [0.15, 0.2) is 237 Å². The molecule has 0 bridgehead atoms. The minimum atomic E-state index is -0.454. The van der Waals surface area contributed by atoms with Crippen LogP contribution in [0.4, 0.5) is 0 Å². The molecule has 0 unspecified atom stereocenters. The maximum atomic E-state index is 5.33. The first-order chi connectivity index (χ1) is 34.2. The van der Waals surface area contributed by atoms with Crippen LogP contribution >= 0.6 is 0 Å². The van der Waals surface area contributed by atoms with E-state index < -0.39 is 5.41 Å². The highest BCUT2D eigenvalue weighted by atomic mass is 15.0. The standard InChI is InChI=1S/C64H39N5/c1-2-18-40(19-3-1)61-65-62(41-20-16-22-43(38-41)68-56-33-13-7-26-47(56)48-27-8-14-34-57(48)68)67-63(66-61)42-21-17-23-44(39-42)69-58-35-15-9-28-49(58)50-36-37-55-59(60(50)69)51-29-6-12-32-54(51)64(55)52-30-10-4-24-45(52)46-25-5-11-31-53(46)64/h1-39H. The monoisotopic (exact) mass is 877 g/mol. The zero-order valence-corrected chi connectivity index (χ0v) is 37.3. The summed E-state index contributed by atoms with van der Waals surface area (Å²) in [5.41, 5.74) is 19.5. The molecule has 13 aromatic rings. The van der Waals surface area contributed by atoms with Crippen LogP contribution in [0.1, 0.15) is 22.3 Å². The summed E-state index contributed by atoms with van der Waals surface area (Å²) < 4.78 is 4.82. The molecule has 320 valence electrons. The summed E-state index contributed by atoms with van der Waals surface area (Å²) in [4.78, 5) is 15.8. The zero-order valence-electron chi connectivity index (χ0n) is 37.3. The predicted molar refractivity (Wildman–Crippen MR) is 281 cm³/mol. The number of rotatable bonds is 5. The molecule has 0 saturated carbocycles. The Kier molecular flexibility index (Phi) is 7.93. The lowest BCUT2D eigenvalue weighted by molar-refractivity contribution is 0.794. The van der Waals surface area contributed by atoms with E-state index in [4.69, 9.17) is 15.0 Å². The first-order valence-electron chi connectivity index (χ1n) is 23.6. The van der Waals surface area contributed by atoms with Gasteiger partial charge in [-0.25, -0.2) is 15.0 Å². The average Bonchev–Trinajstić information content (AvgIpc) is 4.13. The molecule has 2 aliphatic rings. The van der Waals surface area contributed by atoms with Crippen LogP contribution in [0.25, 0.3) is 111 Å². The third kappa shape index (κ3) is 5.27. The Morgan fingerprint density at radius 1 is 0.290 bits per heavy atom. The molecule has 0 atom stereocenters. The second-order valence-corrected chi connectivity index (χ2v) is 18.3. The van der Waals surface area contributed by atoms with Gasteiger partial charge in [-0.05, 0) is 81.4 Å².